The first-order valence-corrected chi connectivity index (χ1v) is 11.0. The first-order valence-electron chi connectivity index (χ1n) is 11.0. The van der Waals surface area contributed by atoms with Gasteiger partial charge in [-0.1, -0.05) is 0 Å². The Morgan fingerprint density at radius 2 is 1.91 bits per heavy atom. The molecule has 1 aliphatic heterocycles. The van der Waals surface area contributed by atoms with Crippen molar-refractivity contribution in [2.75, 3.05) is 34.9 Å². The number of fused-ring (bicyclic) bond motifs is 1. The number of carbonyl (C=O) groups is 1. The fraction of sp³-hybridized carbons (Fsp3) is 0.545. The second kappa shape index (κ2) is 8.85. The zero-order chi connectivity index (χ0) is 23.0. The molecule has 0 aromatic carbocycles. The fourth-order valence-electron chi connectivity index (χ4n) is 4.42. The maximum absolute atomic E-state index is 14.0. The van der Waals surface area contributed by atoms with Crippen LogP contribution in [0.3, 0.4) is 0 Å². The Labute approximate surface area is 187 Å². The van der Waals surface area contributed by atoms with Crippen LogP contribution in [-0.4, -0.2) is 58.1 Å². The van der Waals surface area contributed by atoms with Crippen LogP contribution in [0.1, 0.15) is 45.1 Å². The predicted molar refractivity (Wildman–Crippen MR) is 123 cm³/mol. The normalized spacial score (nSPS) is 21.3. The molecule has 4 rings (SSSR count). The van der Waals surface area contributed by atoms with E-state index in [1.54, 1.807) is 11.1 Å². The van der Waals surface area contributed by atoms with Gasteiger partial charge in [-0.3, -0.25) is 9.80 Å². The second-order valence-corrected chi connectivity index (χ2v) is 9.05. The number of nitrogens with one attached hydrogen (secondary N) is 1. The highest BCUT2D eigenvalue weighted by atomic mass is 19.1. The predicted octanol–water partition coefficient (Wildman–Crippen LogP) is 3.23. The maximum Gasteiger partial charge on any atom is 0.330 e. The van der Waals surface area contributed by atoms with Crippen LogP contribution in [0, 0.1) is 5.82 Å². The van der Waals surface area contributed by atoms with Gasteiger partial charge in [-0.15, -0.1) is 0 Å². The van der Waals surface area contributed by atoms with Gasteiger partial charge in [0.25, 0.3) is 0 Å². The molecule has 1 saturated carbocycles. The number of hydrogen-bond acceptors (Lipinski definition) is 7. The van der Waals surface area contributed by atoms with Crippen molar-refractivity contribution in [1.29, 1.82) is 0 Å². The SMILES string of the molecule is CC(C)N1C(=O)N(c2cnc(N)c(F)c2)Cc2cnc(NC3CCC(N(C)C)CC3)nc21. The van der Waals surface area contributed by atoms with Crippen molar-refractivity contribution >= 4 is 29.3 Å². The summed E-state index contributed by atoms with van der Waals surface area (Å²) in [5.41, 5.74) is 6.63. The zero-order valence-corrected chi connectivity index (χ0v) is 19.0. The average Bonchev–Trinajstić information content (AvgIpc) is 2.75. The lowest BCUT2D eigenvalue weighted by Crippen LogP contribution is -2.51. The van der Waals surface area contributed by atoms with E-state index in [0.29, 0.717) is 29.5 Å². The van der Waals surface area contributed by atoms with Gasteiger partial charge < -0.3 is 16.0 Å². The summed E-state index contributed by atoms with van der Waals surface area (Å²) in [5.74, 6) is 0.267. The monoisotopic (exact) mass is 442 g/mol. The van der Waals surface area contributed by atoms with Gasteiger partial charge in [-0.25, -0.2) is 19.2 Å². The van der Waals surface area contributed by atoms with Crippen LogP contribution in [0.25, 0.3) is 0 Å². The summed E-state index contributed by atoms with van der Waals surface area (Å²) in [6.45, 7) is 4.08. The molecule has 0 radical (unpaired) electrons. The van der Waals surface area contributed by atoms with Crippen molar-refractivity contribution in [2.24, 2.45) is 0 Å². The van der Waals surface area contributed by atoms with Crippen molar-refractivity contribution in [3.63, 3.8) is 0 Å². The number of nitrogens with two attached hydrogens (primary N) is 1. The first kappa shape index (κ1) is 22.2. The van der Waals surface area contributed by atoms with Gasteiger partial charge in [0, 0.05) is 36.0 Å². The Morgan fingerprint density at radius 3 is 2.53 bits per heavy atom. The molecule has 2 aromatic rings. The minimum absolute atomic E-state index is 0.145. The Bertz CT molecular complexity index is 990. The number of nitrogen functional groups attached to an aromatic ring is 1. The van der Waals surface area contributed by atoms with Crippen LogP contribution in [0.2, 0.25) is 0 Å². The molecule has 9 nitrogen and oxygen atoms in total. The molecule has 1 aliphatic carbocycles. The van der Waals surface area contributed by atoms with Gasteiger partial charge in [0.1, 0.15) is 5.82 Å². The number of amides is 2. The van der Waals surface area contributed by atoms with Crippen LogP contribution < -0.4 is 20.9 Å². The summed E-state index contributed by atoms with van der Waals surface area (Å²) >= 11 is 0. The molecule has 0 atom stereocenters. The van der Waals surface area contributed by atoms with Crippen molar-refractivity contribution < 1.29 is 9.18 Å². The second-order valence-electron chi connectivity index (χ2n) is 9.05. The number of anilines is 4. The molecule has 10 heteroatoms. The third-order valence-electron chi connectivity index (χ3n) is 6.28. The Kier molecular flexibility index (Phi) is 6.14. The minimum Gasteiger partial charge on any atom is -0.381 e. The van der Waals surface area contributed by atoms with E-state index in [1.165, 1.54) is 17.2 Å². The first-order chi connectivity index (χ1) is 15.2. The highest BCUT2D eigenvalue weighted by molar-refractivity contribution is 6.05. The molecule has 2 aromatic heterocycles. The molecule has 32 heavy (non-hydrogen) atoms. The van der Waals surface area contributed by atoms with Crippen molar-refractivity contribution in [3.8, 4) is 0 Å². The largest absolute Gasteiger partial charge is 0.381 e. The number of hydrogen-bond donors (Lipinski definition) is 2. The third kappa shape index (κ3) is 4.32. The lowest BCUT2D eigenvalue weighted by molar-refractivity contribution is 0.221. The third-order valence-corrected chi connectivity index (χ3v) is 6.28. The van der Waals surface area contributed by atoms with E-state index in [9.17, 15) is 9.18 Å². The van der Waals surface area contributed by atoms with E-state index in [4.69, 9.17) is 10.7 Å². The topological polar surface area (TPSA) is 104 Å². The summed E-state index contributed by atoms with van der Waals surface area (Å²) < 4.78 is 14.0. The molecular weight excluding hydrogens is 411 g/mol. The highest BCUT2D eigenvalue weighted by Gasteiger charge is 2.35. The van der Waals surface area contributed by atoms with Gasteiger partial charge in [0.2, 0.25) is 5.95 Å². The Balaban J connectivity index is 1.57. The Hall–Kier alpha value is -3.01. The van der Waals surface area contributed by atoms with E-state index < -0.39 is 5.82 Å². The van der Waals surface area contributed by atoms with Crippen LogP contribution in [-0.2, 0) is 6.54 Å². The lowest BCUT2D eigenvalue weighted by Gasteiger charge is -2.38. The van der Waals surface area contributed by atoms with Gasteiger partial charge in [0.05, 0.1) is 18.4 Å². The fourth-order valence-corrected chi connectivity index (χ4v) is 4.42. The molecule has 0 spiro atoms. The van der Waals surface area contributed by atoms with Gasteiger partial charge >= 0.3 is 6.03 Å². The van der Waals surface area contributed by atoms with Crippen molar-refractivity contribution in [3.05, 3.63) is 29.8 Å². The van der Waals surface area contributed by atoms with E-state index in [0.717, 1.165) is 31.2 Å². The van der Waals surface area contributed by atoms with Crippen LogP contribution >= 0.6 is 0 Å². The smallest absolute Gasteiger partial charge is 0.330 e. The Morgan fingerprint density at radius 1 is 1.19 bits per heavy atom. The number of nitrogens with zero attached hydrogens (tertiary/aromatic N) is 6. The van der Waals surface area contributed by atoms with Crippen LogP contribution in [0.4, 0.5) is 32.5 Å². The molecule has 2 aliphatic rings. The van der Waals surface area contributed by atoms with Crippen LogP contribution in [0.15, 0.2) is 18.5 Å². The molecule has 2 amide bonds. The number of halogens is 1. The van der Waals surface area contributed by atoms with Crippen LogP contribution in [0.5, 0.6) is 0 Å². The molecule has 1 fully saturated rings. The lowest BCUT2D eigenvalue weighted by atomic mass is 9.91. The van der Waals surface area contributed by atoms with E-state index in [1.807, 2.05) is 13.8 Å². The van der Waals surface area contributed by atoms with E-state index in [2.05, 4.69) is 34.3 Å². The average molecular weight is 443 g/mol. The van der Waals surface area contributed by atoms with Crippen molar-refractivity contribution in [1.82, 2.24) is 19.9 Å². The molecular formula is C22H31FN8O. The summed E-state index contributed by atoms with van der Waals surface area (Å²) in [4.78, 5) is 31.8. The maximum atomic E-state index is 14.0. The summed E-state index contributed by atoms with van der Waals surface area (Å²) in [7, 11) is 4.25. The standard InChI is InChI=1S/C22H31FN8O/c1-13(2)31-20-14(12-30(22(31)32)17-9-18(23)19(24)25-11-17)10-26-21(28-20)27-15-5-7-16(8-6-15)29(3)4/h9-11,13,15-16H,5-8,12H2,1-4H3,(H2,24,25)(H,26,27,28). The van der Waals surface area contributed by atoms with E-state index >= 15 is 0 Å². The molecule has 3 N–H and O–H groups in total. The molecule has 0 saturated heterocycles. The number of pyridine rings is 1. The van der Waals surface area contributed by atoms with Gasteiger partial charge in [0.15, 0.2) is 11.6 Å². The van der Waals surface area contributed by atoms with Gasteiger partial charge in [-0.2, -0.15) is 4.98 Å². The summed E-state index contributed by atoms with van der Waals surface area (Å²) in [6.07, 6.45) is 7.52. The van der Waals surface area contributed by atoms with Gasteiger partial charge in [-0.05, 0) is 53.6 Å². The summed E-state index contributed by atoms with van der Waals surface area (Å²) in [6, 6.07) is 1.73. The number of rotatable bonds is 5. The minimum atomic E-state index is -0.656. The highest BCUT2D eigenvalue weighted by Crippen LogP contribution is 2.33. The molecule has 0 unspecified atom stereocenters. The molecule has 3 heterocycles. The number of carbonyl (C=O) groups excluding carboxylic acids is 1. The van der Waals surface area contributed by atoms with Crippen molar-refractivity contribution in [2.45, 2.75) is 64.2 Å². The zero-order valence-electron chi connectivity index (χ0n) is 19.0. The quantitative estimate of drug-likeness (QED) is 0.733. The van der Waals surface area contributed by atoms with E-state index in [-0.39, 0.29) is 24.4 Å². The number of urea groups is 1. The number of aromatic nitrogens is 3. The molecule has 0 bridgehead atoms. The molecule has 172 valence electrons. The summed E-state index contributed by atoms with van der Waals surface area (Å²) in [5, 5.41) is 3.46.